The highest BCUT2D eigenvalue weighted by Gasteiger charge is 2.41. The Balaban J connectivity index is 1.77. The van der Waals surface area contributed by atoms with Crippen molar-refractivity contribution in [1.82, 2.24) is 0 Å². The predicted molar refractivity (Wildman–Crippen MR) is 103 cm³/mol. The molecule has 2 aliphatic rings. The number of aryl methyl sites for hydroxylation is 1. The molecule has 1 saturated heterocycles. The van der Waals surface area contributed by atoms with E-state index in [0.29, 0.717) is 25.8 Å². The molecule has 6 nitrogen and oxygen atoms in total. The van der Waals surface area contributed by atoms with Crippen molar-refractivity contribution in [2.45, 2.75) is 57.3 Å². The first kappa shape index (κ1) is 19.6. The lowest BCUT2D eigenvalue weighted by Gasteiger charge is -2.39. The van der Waals surface area contributed by atoms with Crippen LogP contribution >= 0.6 is 11.3 Å². The minimum atomic E-state index is -0.342. The van der Waals surface area contributed by atoms with E-state index in [2.05, 4.69) is 11.9 Å². The van der Waals surface area contributed by atoms with Gasteiger partial charge < -0.3 is 24.8 Å². The Morgan fingerprint density at radius 2 is 2.00 bits per heavy atom. The van der Waals surface area contributed by atoms with Crippen LogP contribution in [0.2, 0.25) is 0 Å². The standard InChI is InChI=1S/C19H30N2O4S/c1-13-16(18(22)23-3)15(5-4-10-20)26-17(13)21(2)14-6-8-19(9-7-14)24-11-12-25-19/h14H,4-12,20H2,1-3H3. The zero-order valence-corrected chi connectivity index (χ0v) is 16.8. The first-order valence-electron chi connectivity index (χ1n) is 9.42. The second-order valence-corrected chi connectivity index (χ2v) is 8.25. The number of nitrogens with zero attached hydrogens (tertiary/aromatic N) is 1. The summed E-state index contributed by atoms with van der Waals surface area (Å²) in [6.45, 7) is 4.05. The molecule has 26 heavy (non-hydrogen) atoms. The van der Waals surface area contributed by atoms with Gasteiger partial charge in [-0.1, -0.05) is 0 Å². The molecule has 7 heteroatoms. The van der Waals surface area contributed by atoms with Crippen molar-refractivity contribution in [3.8, 4) is 0 Å². The fourth-order valence-corrected chi connectivity index (χ4v) is 5.45. The topological polar surface area (TPSA) is 74.0 Å². The van der Waals surface area contributed by atoms with Crippen molar-refractivity contribution < 1.29 is 19.0 Å². The summed E-state index contributed by atoms with van der Waals surface area (Å²) in [4.78, 5) is 15.7. The molecule has 0 atom stereocenters. The molecule has 0 radical (unpaired) electrons. The third kappa shape index (κ3) is 3.76. The Morgan fingerprint density at radius 1 is 1.35 bits per heavy atom. The Hall–Kier alpha value is -1.15. The molecule has 1 spiro atoms. The molecule has 1 aromatic heterocycles. The van der Waals surface area contributed by atoms with Crippen molar-refractivity contribution in [3.05, 3.63) is 16.0 Å². The number of methoxy groups -OCH3 is 1. The van der Waals surface area contributed by atoms with Crippen LogP contribution in [-0.2, 0) is 20.6 Å². The number of esters is 1. The van der Waals surface area contributed by atoms with Gasteiger partial charge in [0.2, 0.25) is 0 Å². The van der Waals surface area contributed by atoms with E-state index in [-0.39, 0.29) is 11.8 Å². The molecule has 1 aliphatic heterocycles. The van der Waals surface area contributed by atoms with Gasteiger partial charge in [-0.25, -0.2) is 4.79 Å². The van der Waals surface area contributed by atoms with Crippen LogP contribution in [0.4, 0.5) is 5.00 Å². The molecule has 1 saturated carbocycles. The maximum absolute atomic E-state index is 12.3. The van der Waals surface area contributed by atoms with Gasteiger partial charge in [0.15, 0.2) is 5.79 Å². The van der Waals surface area contributed by atoms with E-state index < -0.39 is 0 Å². The number of rotatable bonds is 6. The van der Waals surface area contributed by atoms with E-state index in [4.69, 9.17) is 19.9 Å². The Bertz CT molecular complexity index is 630. The number of hydrogen-bond donors (Lipinski definition) is 1. The number of nitrogens with two attached hydrogens (primary N) is 1. The van der Waals surface area contributed by atoms with Gasteiger partial charge >= 0.3 is 5.97 Å². The number of ether oxygens (including phenoxy) is 3. The van der Waals surface area contributed by atoms with Crippen molar-refractivity contribution in [1.29, 1.82) is 0 Å². The van der Waals surface area contributed by atoms with Gasteiger partial charge in [0, 0.05) is 30.8 Å². The Morgan fingerprint density at radius 3 is 2.58 bits per heavy atom. The molecule has 3 rings (SSSR count). The van der Waals surface area contributed by atoms with Crippen molar-refractivity contribution in [2.24, 2.45) is 5.73 Å². The van der Waals surface area contributed by atoms with Crippen molar-refractivity contribution >= 4 is 22.3 Å². The summed E-state index contributed by atoms with van der Waals surface area (Å²) in [5, 5.41) is 1.16. The average Bonchev–Trinajstić information content (AvgIpc) is 3.24. The lowest BCUT2D eigenvalue weighted by Crippen LogP contribution is -2.42. The number of hydrogen-bond acceptors (Lipinski definition) is 7. The largest absolute Gasteiger partial charge is 0.465 e. The van der Waals surface area contributed by atoms with Crippen LogP contribution in [0.5, 0.6) is 0 Å². The molecule has 2 N–H and O–H groups in total. The van der Waals surface area contributed by atoms with Gasteiger partial charge in [0.25, 0.3) is 0 Å². The molecule has 0 aromatic carbocycles. The predicted octanol–water partition coefficient (Wildman–Crippen LogP) is 2.86. The number of carbonyl (C=O) groups is 1. The van der Waals surface area contributed by atoms with E-state index in [0.717, 1.165) is 59.5 Å². The summed E-state index contributed by atoms with van der Waals surface area (Å²) < 4.78 is 16.7. The summed E-state index contributed by atoms with van der Waals surface area (Å²) in [5.41, 5.74) is 7.41. The summed E-state index contributed by atoms with van der Waals surface area (Å²) in [7, 11) is 3.57. The molecular weight excluding hydrogens is 352 g/mol. The summed E-state index contributed by atoms with van der Waals surface area (Å²) >= 11 is 1.70. The SMILES string of the molecule is COC(=O)c1c(CCCN)sc(N(C)C2CCC3(CC2)OCCO3)c1C. The molecule has 1 aliphatic carbocycles. The lowest BCUT2D eigenvalue weighted by atomic mass is 9.89. The van der Waals surface area contributed by atoms with Gasteiger partial charge in [-0.15, -0.1) is 11.3 Å². The highest BCUT2D eigenvalue weighted by Crippen LogP contribution is 2.42. The highest BCUT2D eigenvalue weighted by molar-refractivity contribution is 7.16. The van der Waals surface area contributed by atoms with Crippen LogP contribution in [0.25, 0.3) is 0 Å². The molecule has 0 amide bonds. The smallest absolute Gasteiger partial charge is 0.339 e. The summed E-state index contributed by atoms with van der Waals surface area (Å²) in [6, 6.07) is 0.429. The molecule has 1 aromatic rings. The minimum Gasteiger partial charge on any atom is -0.465 e. The van der Waals surface area contributed by atoms with Crippen LogP contribution in [0, 0.1) is 6.92 Å². The number of anilines is 1. The molecule has 146 valence electrons. The minimum absolute atomic E-state index is 0.249. The molecule has 0 unspecified atom stereocenters. The van der Waals surface area contributed by atoms with Gasteiger partial charge in [-0.3, -0.25) is 0 Å². The highest BCUT2D eigenvalue weighted by atomic mass is 32.1. The molecular formula is C19H30N2O4S. The van der Waals surface area contributed by atoms with E-state index in [9.17, 15) is 4.79 Å². The van der Waals surface area contributed by atoms with Gasteiger partial charge in [0.1, 0.15) is 0 Å². The first-order valence-corrected chi connectivity index (χ1v) is 10.2. The van der Waals surface area contributed by atoms with Crippen LogP contribution in [0.1, 0.15) is 52.9 Å². The third-order valence-corrected chi connectivity index (χ3v) is 7.03. The van der Waals surface area contributed by atoms with E-state index in [1.54, 1.807) is 11.3 Å². The van der Waals surface area contributed by atoms with Gasteiger partial charge in [-0.05, 0) is 44.7 Å². The number of carbonyl (C=O) groups excluding carboxylic acids is 1. The van der Waals surface area contributed by atoms with E-state index in [1.807, 2.05) is 6.92 Å². The quantitative estimate of drug-likeness (QED) is 0.763. The zero-order valence-electron chi connectivity index (χ0n) is 16.0. The van der Waals surface area contributed by atoms with E-state index in [1.165, 1.54) is 7.11 Å². The van der Waals surface area contributed by atoms with Gasteiger partial charge in [0.05, 0.1) is 30.9 Å². The number of thiophene rings is 1. The van der Waals surface area contributed by atoms with Crippen LogP contribution < -0.4 is 10.6 Å². The first-order chi connectivity index (χ1) is 12.5. The summed E-state index contributed by atoms with van der Waals surface area (Å²) in [6.07, 6.45) is 5.59. The average molecular weight is 383 g/mol. The molecule has 2 heterocycles. The van der Waals surface area contributed by atoms with Crippen LogP contribution in [-0.4, -0.2) is 51.7 Å². The van der Waals surface area contributed by atoms with Crippen molar-refractivity contribution in [3.63, 3.8) is 0 Å². The van der Waals surface area contributed by atoms with Gasteiger partial charge in [-0.2, -0.15) is 0 Å². The second kappa shape index (κ2) is 8.25. The maximum atomic E-state index is 12.3. The summed E-state index contributed by atoms with van der Waals surface area (Å²) in [5.74, 6) is -0.591. The lowest BCUT2D eigenvalue weighted by molar-refractivity contribution is -0.178. The normalized spacial score (nSPS) is 19.8. The maximum Gasteiger partial charge on any atom is 0.339 e. The van der Waals surface area contributed by atoms with Crippen molar-refractivity contribution in [2.75, 3.05) is 38.8 Å². The van der Waals surface area contributed by atoms with Crippen LogP contribution in [0.15, 0.2) is 0 Å². The Labute approximate surface area is 159 Å². The molecule has 0 bridgehead atoms. The third-order valence-electron chi connectivity index (χ3n) is 5.59. The monoisotopic (exact) mass is 382 g/mol. The van der Waals surface area contributed by atoms with E-state index >= 15 is 0 Å². The fourth-order valence-electron chi connectivity index (χ4n) is 4.09. The second-order valence-electron chi connectivity index (χ2n) is 7.16. The fraction of sp³-hybridized carbons (Fsp3) is 0.737. The Kier molecular flexibility index (Phi) is 6.22. The molecule has 2 fully saturated rings. The van der Waals surface area contributed by atoms with Crippen LogP contribution in [0.3, 0.4) is 0 Å². The zero-order chi connectivity index (χ0) is 18.7.